The van der Waals surface area contributed by atoms with E-state index in [4.69, 9.17) is 11.5 Å². The van der Waals surface area contributed by atoms with E-state index in [1.807, 2.05) is 0 Å². The molecule has 1 aromatic carbocycles. The molecule has 0 spiro atoms. The molecule has 108 valence electrons. The minimum Gasteiger partial charge on any atom is -0.399 e. The number of sulfonamides is 1. The largest absolute Gasteiger partial charge is 0.399 e. The van der Waals surface area contributed by atoms with Gasteiger partial charge < -0.3 is 16.5 Å². The van der Waals surface area contributed by atoms with Gasteiger partial charge in [-0.3, -0.25) is 4.79 Å². The number of rotatable bonds is 6. The maximum Gasteiger partial charge on any atom is 0.242 e. The highest BCUT2D eigenvalue weighted by atomic mass is 32.2. The Balaban J connectivity index is 2.17. The zero-order valence-corrected chi connectivity index (χ0v) is 11.5. The fraction of sp³-hybridized carbons (Fsp3) is 0.250. The third kappa shape index (κ3) is 3.09. The summed E-state index contributed by atoms with van der Waals surface area (Å²) in [5.41, 5.74) is 11.8. The van der Waals surface area contributed by atoms with Crippen LogP contribution in [0.2, 0.25) is 0 Å². The van der Waals surface area contributed by atoms with Gasteiger partial charge >= 0.3 is 0 Å². The number of hydrogen-bond acceptors (Lipinski definition) is 4. The van der Waals surface area contributed by atoms with Crippen LogP contribution in [-0.2, 0) is 14.8 Å². The van der Waals surface area contributed by atoms with Crippen molar-refractivity contribution in [3.63, 3.8) is 0 Å². The number of fused-ring (bicyclic) bond motifs is 1. The Morgan fingerprint density at radius 3 is 2.80 bits per heavy atom. The van der Waals surface area contributed by atoms with Crippen molar-refractivity contribution < 1.29 is 13.2 Å². The van der Waals surface area contributed by atoms with E-state index in [0.29, 0.717) is 23.0 Å². The topological polar surface area (TPSA) is 131 Å². The summed E-state index contributed by atoms with van der Waals surface area (Å²) >= 11 is 0. The van der Waals surface area contributed by atoms with Crippen LogP contribution in [0.1, 0.15) is 12.8 Å². The van der Waals surface area contributed by atoms with Gasteiger partial charge in [-0.1, -0.05) is 0 Å². The highest BCUT2D eigenvalue weighted by Gasteiger charge is 2.18. The summed E-state index contributed by atoms with van der Waals surface area (Å²) in [4.78, 5) is 13.6. The van der Waals surface area contributed by atoms with Gasteiger partial charge in [0.25, 0.3) is 0 Å². The Labute approximate surface area is 116 Å². The SMILES string of the molecule is NC(=O)CCCNS(=O)(=O)c1c[nH]c2cc(N)ccc12. The number of aromatic amines is 1. The summed E-state index contributed by atoms with van der Waals surface area (Å²) in [5, 5.41) is 0.571. The average molecular weight is 296 g/mol. The Hall–Kier alpha value is -2.06. The van der Waals surface area contributed by atoms with E-state index in [-0.39, 0.29) is 17.9 Å². The van der Waals surface area contributed by atoms with Crippen LogP contribution in [0.25, 0.3) is 10.9 Å². The van der Waals surface area contributed by atoms with Gasteiger partial charge in [-0.05, 0) is 24.6 Å². The van der Waals surface area contributed by atoms with Gasteiger partial charge in [0.15, 0.2) is 0 Å². The smallest absolute Gasteiger partial charge is 0.242 e. The Morgan fingerprint density at radius 1 is 1.35 bits per heavy atom. The minimum atomic E-state index is -3.63. The van der Waals surface area contributed by atoms with E-state index >= 15 is 0 Å². The Morgan fingerprint density at radius 2 is 2.10 bits per heavy atom. The first-order valence-corrected chi connectivity index (χ1v) is 7.53. The van der Waals surface area contributed by atoms with Crippen LogP contribution in [0, 0.1) is 0 Å². The van der Waals surface area contributed by atoms with Gasteiger partial charge in [0.1, 0.15) is 4.90 Å². The van der Waals surface area contributed by atoms with Gasteiger partial charge in [0.05, 0.1) is 0 Å². The van der Waals surface area contributed by atoms with E-state index in [2.05, 4.69) is 9.71 Å². The molecule has 20 heavy (non-hydrogen) atoms. The van der Waals surface area contributed by atoms with Crippen LogP contribution in [0.3, 0.4) is 0 Å². The van der Waals surface area contributed by atoms with Gasteiger partial charge in [-0.15, -0.1) is 0 Å². The first-order chi connectivity index (χ1) is 9.40. The quantitative estimate of drug-likeness (QED) is 0.450. The molecule has 0 unspecified atom stereocenters. The van der Waals surface area contributed by atoms with Crippen molar-refractivity contribution in [2.75, 3.05) is 12.3 Å². The molecule has 8 heteroatoms. The number of H-pyrrole nitrogens is 1. The lowest BCUT2D eigenvalue weighted by Crippen LogP contribution is -2.25. The number of primary amides is 1. The van der Waals surface area contributed by atoms with Crippen molar-refractivity contribution in [3.8, 4) is 0 Å². The lowest BCUT2D eigenvalue weighted by Gasteiger charge is -2.05. The Bertz CT molecular complexity index is 736. The van der Waals surface area contributed by atoms with Gasteiger partial charge in [0, 0.05) is 35.8 Å². The number of benzene rings is 1. The predicted molar refractivity (Wildman–Crippen MR) is 76.3 cm³/mol. The summed E-state index contributed by atoms with van der Waals surface area (Å²) in [6, 6.07) is 4.96. The molecule has 1 heterocycles. The highest BCUT2D eigenvalue weighted by molar-refractivity contribution is 7.89. The molecule has 7 nitrogen and oxygen atoms in total. The van der Waals surface area contributed by atoms with E-state index < -0.39 is 15.9 Å². The number of amides is 1. The molecule has 0 saturated carbocycles. The number of carbonyl (C=O) groups is 1. The Kier molecular flexibility index (Phi) is 3.96. The fourth-order valence-corrected chi connectivity index (χ4v) is 3.14. The zero-order valence-electron chi connectivity index (χ0n) is 10.7. The molecule has 0 radical (unpaired) electrons. The molecule has 6 N–H and O–H groups in total. The van der Waals surface area contributed by atoms with Crippen LogP contribution in [0.4, 0.5) is 5.69 Å². The molecule has 0 atom stereocenters. The number of nitrogen functional groups attached to an aromatic ring is 1. The van der Waals surface area contributed by atoms with Crippen LogP contribution in [0.5, 0.6) is 0 Å². The molecular weight excluding hydrogens is 280 g/mol. The van der Waals surface area contributed by atoms with Crippen molar-refractivity contribution in [2.45, 2.75) is 17.7 Å². The molecular formula is C12H16N4O3S. The molecule has 0 fully saturated rings. The summed E-state index contributed by atoms with van der Waals surface area (Å²) in [5.74, 6) is -0.452. The number of nitrogens with one attached hydrogen (secondary N) is 2. The van der Waals surface area contributed by atoms with Crippen LogP contribution in [-0.4, -0.2) is 25.9 Å². The third-order valence-electron chi connectivity index (χ3n) is 2.85. The first-order valence-electron chi connectivity index (χ1n) is 6.05. The lowest BCUT2D eigenvalue weighted by molar-refractivity contribution is -0.118. The molecule has 0 bridgehead atoms. The van der Waals surface area contributed by atoms with Crippen molar-refractivity contribution in [2.24, 2.45) is 5.73 Å². The minimum absolute atomic E-state index is 0.146. The highest BCUT2D eigenvalue weighted by Crippen LogP contribution is 2.24. The summed E-state index contributed by atoms with van der Waals surface area (Å²) in [7, 11) is -3.63. The summed E-state index contributed by atoms with van der Waals surface area (Å²) < 4.78 is 26.8. The monoisotopic (exact) mass is 296 g/mol. The number of hydrogen-bond donors (Lipinski definition) is 4. The third-order valence-corrected chi connectivity index (χ3v) is 4.35. The number of carbonyl (C=O) groups excluding carboxylic acids is 1. The molecule has 2 rings (SSSR count). The van der Waals surface area contributed by atoms with Crippen molar-refractivity contribution >= 4 is 32.5 Å². The molecule has 0 saturated heterocycles. The van der Waals surface area contributed by atoms with Gasteiger partial charge in [-0.2, -0.15) is 0 Å². The number of nitrogens with two attached hydrogens (primary N) is 2. The van der Waals surface area contributed by atoms with E-state index in [9.17, 15) is 13.2 Å². The van der Waals surface area contributed by atoms with E-state index in [1.165, 1.54) is 6.20 Å². The van der Waals surface area contributed by atoms with Crippen molar-refractivity contribution in [3.05, 3.63) is 24.4 Å². The van der Waals surface area contributed by atoms with Gasteiger partial charge in [0.2, 0.25) is 15.9 Å². The maximum absolute atomic E-state index is 12.2. The first kappa shape index (κ1) is 14.4. The van der Waals surface area contributed by atoms with Crippen molar-refractivity contribution in [1.82, 2.24) is 9.71 Å². The van der Waals surface area contributed by atoms with Gasteiger partial charge in [-0.25, -0.2) is 13.1 Å². The molecule has 0 aliphatic heterocycles. The van der Waals surface area contributed by atoms with E-state index in [0.717, 1.165) is 0 Å². The molecule has 2 aromatic rings. The van der Waals surface area contributed by atoms with Crippen LogP contribution >= 0.6 is 0 Å². The van der Waals surface area contributed by atoms with E-state index in [1.54, 1.807) is 18.2 Å². The molecule has 0 aliphatic carbocycles. The second kappa shape index (κ2) is 5.51. The predicted octanol–water partition coefficient (Wildman–Crippen LogP) is 0.294. The zero-order chi connectivity index (χ0) is 14.8. The van der Waals surface area contributed by atoms with Crippen LogP contribution < -0.4 is 16.2 Å². The molecule has 1 amide bonds. The number of aromatic nitrogens is 1. The van der Waals surface area contributed by atoms with Crippen LogP contribution in [0.15, 0.2) is 29.3 Å². The number of anilines is 1. The molecule has 0 aliphatic rings. The summed E-state index contributed by atoms with van der Waals surface area (Å²) in [6.45, 7) is 0.160. The fourth-order valence-electron chi connectivity index (χ4n) is 1.89. The van der Waals surface area contributed by atoms with Crippen molar-refractivity contribution in [1.29, 1.82) is 0 Å². The second-order valence-corrected chi connectivity index (χ2v) is 6.16. The summed E-state index contributed by atoms with van der Waals surface area (Å²) in [6.07, 6.45) is 1.93. The normalized spacial score (nSPS) is 11.8. The lowest BCUT2D eigenvalue weighted by atomic mass is 10.2. The second-order valence-electron chi connectivity index (χ2n) is 4.43. The molecule has 1 aromatic heterocycles. The standard InChI is InChI=1S/C12H16N4O3S/c13-8-3-4-9-10(6-8)15-7-11(9)20(18,19)16-5-1-2-12(14)17/h3-4,6-7,15-16H,1-2,5,13H2,(H2,14,17). The maximum atomic E-state index is 12.2. The average Bonchev–Trinajstić information content (AvgIpc) is 2.78.